The number of carbonyl (C=O) groups is 1. The van der Waals surface area contributed by atoms with E-state index in [-0.39, 0.29) is 0 Å². The Morgan fingerprint density at radius 1 is 1.82 bits per heavy atom. The molecule has 1 heterocycles. The lowest BCUT2D eigenvalue weighted by molar-refractivity contribution is -0.482. The summed E-state index contributed by atoms with van der Waals surface area (Å²) in [6, 6.07) is 0. The van der Waals surface area contributed by atoms with Crippen LogP contribution >= 0.6 is 0 Å². The third kappa shape index (κ3) is 6.63. The molecule has 11 heavy (non-hydrogen) atoms. The van der Waals surface area contributed by atoms with E-state index in [1.54, 1.807) is 0 Å². The van der Waals surface area contributed by atoms with Crippen molar-refractivity contribution in [2.24, 2.45) is 0 Å². The van der Waals surface area contributed by atoms with Gasteiger partial charge in [0.1, 0.15) is 13.1 Å². The van der Waals surface area contributed by atoms with Crippen molar-refractivity contribution in [2.45, 2.75) is 0 Å². The van der Waals surface area contributed by atoms with E-state index in [4.69, 9.17) is 15.0 Å². The van der Waals surface area contributed by atoms with Crippen LogP contribution in [-0.2, 0) is 0 Å². The molecular weight excluding hydrogens is 148 g/mol. The predicted molar refractivity (Wildman–Crippen MR) is 37.8 cm³/mol. The van der Waals surface area contributed by atoms with E-state index in [0.717, 1.165) is 0 Å². The molecule has 0 saturated heterocycles. The maximum Gasteiger partial charge on any atom is 0.249 e. The van der Waals surface area contributed by atoms with Crippen LogP contribution in [0.2, 0.25) is 0 Å². The molecule has 1 aliphatic rings. The molecule has 0 aliphatic carbocycles. The summed E-state index contributed by atoms with van der Waals surface area (Å²) in [5, 5.41) is 15.3. The molecule has 1 rings (SSSR count). The molecule has 0 atom stereocenters. The Labute approximate surface area is 65.2 Å². The Kier molecular flexibility index (Phi) is 4.02. The maximum absolute atomic E-state index is 8.44. The molecule has 0 amide bonds. The van der Waals surface area contributed by atoms with Gasteiger partial charge in [-0.15, -0.1) is 0 Å². The number of nitrogens with zero attached hydrogens (tertiary/aromatic N) is 2. The van der Waals surface area contributed by atoms with Crippen LogP contribution < -0.4 is 5.11 Å². The van der Waals surface area contributed by atoms with Gasteiger partial charge < -0.3 is 15.0 Å². The molecule has 0 aromatic heterocycles. The van der Waals surface area contributed by atoms with Crippen LogP contribution in [-0.4, -0.2) is 54.3 Å². The van der Waals surface area contributed by atoms with Gasteiger partial charge in [-0.2, -0.15) is 0 Å². The number of hydrogen-bond acceptors (Lipinski definition) is 3. The number of rotatable bonds is 0. The van der Waals surface area contributed by atoms with E-state index in [9.17, 15) is 0 Å². The highest BCUT2D eigenvalue weighted by molar-refractivity contribution is 5.50. The minimum absolute atomic E-state index is 1.18. The van der Waals surface area contributed by atoms with Gasteiger partial charge in [0.25, 0.3) is 0 Å². The van der Waals surface area contributed by atoms with Crippen LogP contribution in [0.4, 0.5) is 4.79 Å². The molecule has 0 radical (unpaired) electrons. The molecule has 5 heteroatoms. The Bertz CT molecular complexity index is 163. The summed E-state index contributed by atoms with van der Waals surface area (Å²) in [4.78, 5) is 10.6. The van der Waals surface area contributed by atoms with Gasteiger partial charge in [-0.05, 0) is 0 Å². The molecule has 5 nitrogen and oxygen atoms in total. The van der Waals surface area contributed by atoms with Crippen molar-refractivity contribution < 1.29 is 19.6 Å². The zero-order valence-electron chi connectivity index (χ0n) is 6.65. The van der Waals surface area contributed by atoms with Gasteiger partial charge in [0.15, 0.2) is 0 Å². The van der Waals surface area contributed by atoms with Crippen LogP contribution in [0.5, 0.6) is 0 Å². The summed E-state index contributed by atoms with van der Waals surface area (Å²) >= 11 is 0. The van der Waals surface area contributed by atoms with E-state index in [0.29, 0.717) is 0 Å². The quantitative estimate of drug-likeness (QED) is 0.437. The Balaban J connectivity index is 0.000000218. The van der Waals surface area contributed by atoms with Crippen molar-refractivity contribution >= 4 is 12.5 Å². The molecule has 1 aliphatic heterocycles. The molecule has 64 valence electrons. The van der Waals surface area contributed by atoms with Crippen LogP contribution in [0.3, 0.4) is 0 Å². The summed E-state index contributed by atoms with van der Waals surface area (Å²) < 4.78 is 2.18. The highest BCUT2D eigenvalue weighted by Crippen LogP contribution is 1.83. The second-order valence-corrected chi connectivity index (χ2v) is 2.34. The second kappa shape index (κ2) is 4.54. The number of carboxylic acid groups (broad SMARTS) is 2. The van der Waals surface area contributed by atoms with Crippen molar-refractivity contribution in [1.29, 1.82) is 0 Å². The minimum atomic E-state index is -2.08. The van der Waals surface area contributed by atoms with Crippen molar-refractivity contribution in [2.75, 3.05) is 27.2 Å². The molecule has 0 unspecified atom stereocenters. The SMILES string of the molecule is CN1C=[N+](C)CC1.O=C([O-])O. The molecule has 1 N–H and O–H groups in total. The largest absolute Gasteiger partial charge is 0.565 e. The fourth-order valence-corrected chi connectivity index (χ4v) is 0.767. The van der Waals surface area contributed by atoms with Gasteiger partial charge in [-0.3, -0.25) is 9.48 Å². The standard InChI is InChI=1S/C5H11N2.CH2O3/c1-6-3-4-7(2)5-6;2-1(3)4/h5H,3-4H2,1-2H3;(H2,2,3,4)/q+1;/p-1. The Morgan fingerprint density at radius 2 is 2.27 bits per heavy atom. The number of likely N-dealkylation sites (N-methyl/N-ethyl adjacent to an activating group) is 2. The van der Waals surface area contributed by atoms with Gasteiger partial charge in [0.05, 0.1) is 14.1 Å². The molecule has 0 saturated carbocycles. The van der Waals surface area contributed by atoms with Crippen LogP contribution in [0, 0.1) is 0 Å². The van der Waals surface area contributed by atoms with Crippen LogP contribution in [0.1, 0.15) is 0 Å². The monoisotopic (exact) mass is 160 g/mol. The first-order valence-electron chi connectivity index (χ1n) is 3.18. The van der Waals surface area contributed by atoms with Crippen molar-refractivity contribution in [3.63, 3.8) is 0 Å². The van der Waals surface area contributed by atoms with Gasteiger partial charge in [-0.25, -0.2) is 0 Å². The molecular formula is C6H12N2O3. The first-order chi connectivity index (χ1) is 5.02. The normalized spacial score (nSPS) is 15.1. The third-order valence-electron chi connectivity index (χ3n) is 1.20. The molecule has 0 bridgehead atoms. The minimum Gasteiger partial charge on any atom is -0.565 e. The lowest BCUT2D eigenvalue weighted by atomic mass is 10.6. The molecule has 0 fully saturated rings. The highest BCUT2D eigenvalue weighted by atomic mass is 16.6. The highest BCUT2D eigenvalue weighted by Gasteiger charge is 2.08. The number of hydrogen-bond donors (Lipinski definition) is 1. The predicted octanol–water partition coefficient (Wildman–Crippen LogP) is -1.51. The average Bonchev–Trinajstić information content (AvgIpc) is 2.13. The summed E-state index contributed by atoms with van der Waals surface area (Å²) in [5.41, 5.74) is 0. The molecule has 0 spiro atoms. The fourth-order valence-electron chi connectivity index (χ4n) is 0.767. The summed E-state index contributed by atoms with van der Waals surface area (Å²) in [7, 11) is 4.17. The van der Waals surface area contributed by atoms with Crippen molar-refractivity contribution in [1.82, 2.24) is 4.90 Å². The third-order valence-corrected chi connectivity index (χ3v) is 1.20. The van der Waals surface area contributed by atoms with Gasteiger partial charge in [0.2, 0.25) is 12.5 Å². The average molecular weight is 160 g/mol. The fraction of sp³-hybridized carbons (Fsp3) is 0.667. The smallest absolute Gasteiger partial charge is 0.249 e. The Morgan fingerprint density at radius 3 is 2.36 bits per heavy atom. The van der Waals surface area contributed by atoms with E-state index >= 15 is 0 Å². The summed E-state index contributed by atoms with van der Waals surface area (Å²) in [6.45, 7) is 2.35. The van der Waals surface area contributed by atoms with Gasteiger partial charge in [0, 0.05) is 0 Å². The molecule has 0 aromatic carbocycles. The molecule has 0 aromatic rings. The Hall–Kier alpha value is -1.26. The maximum atomic E-state index is 8.44. The van der Waals surface area contributed by atoms with Crippen LogP contribution in [0.25, 0.3) is 0 Å². The van der Waals surface area contributed by atoms with E-state index in [1.165, 1.54) is 13.1 Å². The zero-order chi connectivity index (χ0) is 8.85. The lowest BCUT2D eigenvalue weighted by Gasteiger charge is -1.90. The van der Waals surface area contributed by atoms with E-state index in [2.05, 4.69) is 29.9 Å². The zero-order valence-corrected chi connectivity index (χ0v) is 6.65. The lowest BCUT2D eigenvalue weighted by Crippen LogP contribution is -2.17. The van der Waals surface area contributed by atoms with E-state index < -0.39 is 6.16 Å². The van der Waals surface area contributed by atoms with Crippen LogP contribution in [0.15, 0.2) is 0 Å². The van der Waals surface area contributed by atoms with Crippen molar-refractivity contribution in [3.8, 4) is 0 Å². The van der Waals surface area contributed by atoms with Gasteiger partial charge >= 0.3 is 0 Å². The topological polar surface area (TPSA) is 66.6 Å². The summed E-state index contributed by atoms with van der Waals surface area (Å²) in [5.74, 6) is 0. The van der Waals surface area contributed by atoms with E-state index in [1.807, 2.05) is 0 Å². The van der Waals surface area contributed by atoms with Gasteiger partial charge in [-0.1, -0.05) is 0 Å². The second-order valence-electron chi connectivity index (χ2n) is 2.34. The first kappa shape index (κ1) is 9.74. The first-order valence-corrected chi connectivity index (χ1v) is 3.18. The summed E-state index contributed by atoms with van der Waals surface area (Å²) in [6.07, 6.45) is 0.0278. The van der Waals surface area contributed by atoms with Crippen molar-refractivity contribution in [3.05, 3.63) is 0 Å².